The number of benzene rings is 1. The Kier molecular flexibility index (Phi) is 6.08. The van der Waals surface area contributed by atoms with E-state index in [9.17, 15) is 15.2 Å². The molecule has 0 fully saturated rings. The molecular formula is C13H21N3O3. The van der Waals surface area contributed by atoms with Crippen molar-refractivity contribution in [2.24, 2.45) is 0 Å². The van der Waals surface area contributed by atoms with E-state index in [0.29, 0.717) is 30.9 Å². The fourth-order valence-electron chi connectivity index (χ4n) is 1.80. The van der Waals surface area contributed by atoms with Crippen molar-refractivity contribution in [2.45, 2.75) is 32.8 Å². The van der Waals surface area contributed by atoms with E-state index in [0.717, 1.165) is 6.42 Å². The minimum atomic E-state index is -0.438. The number of nitro benzene ring substituents is 1. The number of aliphatic hydroxyl groups is 1. The van der Waals surface area contributed by atoms with Crippen molar-refractivity contribution in [3.63, 3.8) is 0 Å². The fourth-order valence-corrected chi connectivity index (χ4v) is 1.80. The molecule has 3 N–H and O–H groups in total. The minimum Gasteiger partial charge on any atom is -0.391 e. The van der Waals surface area contributed by atoms with Crippen molar-refractivity contribution in [3.8, 4) is 0 Å². The van der Waals surface area contributed by atoms with Crippen molar-refractivity contribution in [1.29, 1.82) is 0 Å². The summed E-state index contributed by atoms with van der Waals surface area (Å²) in [7, 11) is 0. The van der Waals surface area contributed by atoms with Gasteiger partial charge in [0.2, 0.25) is 0 Å². The Balaban J connectivity index is 2.78. The van der Waals surface area contributed by atoms with E-state index in [1.807, 2.05) is 13.8 Å². The number of nitrogens with one attached hydrogen (secondary N) is 2. The summed E-state index contributed by atoms with van der Waals surface area (Å²) >= 11 is 0. The first-order valence-corrected chi connectivity index (χ1v) is 6.52. The molecule has 0 aromatic heterocycles. The largest absolute Gasteiger partial charge is 0.391 e. The van der Waals surface area contributed by atoms with Gasteiger partial charge >= 0.3 is 0 Å². The van der Waals surface area contributed by atoms with E-state index >= 15 is 0 Å². The molecule has 0 aliphatic heterocycles. The van der Waals surface area contributed by atoms with Gasteiger partial charge in [0.05, 0.1) is 11.0 Å². The molecule has 0 spiro atoms. The molecule has 19 heavy (non-hydrogen) atoms. The predicted molar refractivity (Wildman–Crippen MR) is 76.7 cm³/mol. The normalized spacial score (nSPS) is 11.9. The van der Waals surface area contributed by atoms with E-state index in [1.165, 1.54) is 12.1 Å². The summed E-state index contributed by atoms with van der Waals surface area (Å²) in [5.74, 6) is 0. The summed E-state index contributed by atoms with van der Waals surface area (Å²) in [5, 5.41) is 26.6. The Bertz CT molecular complexity index is 424. The minimum absolute atomic E-state index is 0.0333. The number of hydrogen-bond donors (Lipinski definition) is 3. The second kappa shape index (κ2) is 7.58. The van der Waals surface area contributed by atoms with Crippen LogP contribution in [0.4, 0.5) is 17.1 Å². The second-order valence-corrected chi connectivity index (χ2v) is 4.38. The lowest BCUT2D eigenvalue weighted by atomic mass is 10.2. The fraction of sp³-hybridized carbons (Fsp3) is 0.538. The van der Waals surface area contributed by atoms with E-state index in [4.69, 9.17) is 0 Å². The molecule has 0 radical (unpaired) electrons. The van der Waals surface area contributed by atoms with Gasteiger partial charge in [-0.05, 0) is 19.4 Å². The van der Waals surface area contributed by atoms with Gasteiger partial charge < -0.3 is 15.7 Å². The van der Waals surface area contributed by atoms with Gasteiger partial charge in [-0.1, -0.05) is 13.3 Å². The Labute approximate surface area is 113 Å². The highest BCUT2D eigenvalue weighted by Gasteiger charge is 2.10. The predicted octanol–water partition coefficient (Wildman–Crippen LogP) is 2.60. The van der Waals surface area contributed by atoms with Crippen LogP contribution in [0.2, 0.25) is 0 Å². The zero-order valence-corrected chi connectivity index (χ0v) is 11.3. The van der Waals surface area contributed by atoms with Gasteiger partial charge in [-0.25, -0.2) is 0 Å². The summed E-state index contributed by atoms with van der Waals surface area (Å²) in [6.45, 7) is 5.01. The maximum Gasteiger partial charge on any atom is 0.273 e. The Morgan fingerprint density at radius 2 is 1.89 bits per heavy atom. The maximum absolute atomic E-state index is 10.9. The summed E-state index contributed by atoms with van der Waals surface area (Å²) in [6, 6.07) is 4.77. The smallest absolute Gasteiger partial charge is 0.273 e. The molecular weight excluding hydrogens is 246 g/mol. The summed E-state index contributed by atoms with van der Waals surface area (Å²) in [6.07, 6.45) is 1.18. The summed E-state index contributed by atoms with van der Waals surface area (Å²) in [5.41, 5.74) is 1.37. The number of non-ortho nitro benzene ring substituents is 1. The molecule has 6 nitrogen and oxygen atoms in total. The molecule has 0 saturated carbocycles. The molecule has 0 heterocycles. The van der Waals surface area contributed by atoms with Crippen molar-refractivity contribution < 1.29 is 10.0 Å². The van der Waals surface area contributed by atoms with E-state index in [-0.39, 0.29) is 5.69 Å². The number of nitrogens with zero attached hydrogens (tertiary/aromatic N) is 1. The van der Waals surface area contributed by atoms with Crippen LogP contribution in [0.1, 0.15) is 26.7 Å². The molecule has 0 amide bonds. The van der Waals surface area contributed by atoms with Gasteiger partial charge in [-0.15, -0.1) is 0 Å². The van der Waals surface area contributed by atoms with Gasteiger partial charge in [0.15, 0.2) is 0 Å². The Morgan fingerprint density at radius 3 is 2.42 bits per heavy atom. The number of anilines is 2. The summed E-state index contributed by atoms with van der Waals surface area (Å²) in [4.78, 5) is 10.4. The van der Waals surface area contributed by atoms with Gasteiger partial charge in [0.1, 0.15) is 0 Å². The van der Waals surface area contributed by atoms with Crippen molar-refractivity contribution >= 4 is 17.1 Å². The standard InChI is InChI=1S/C13H21N3O3/c1-3-5-13(17)9-15-11-6-10(14-4-2)7-12(8-11)16(18)19/h6-8,13-15,17H,3-5,9H2,1-2H3. The number of nitro groups is 1. The van der Waals surface area contributed by atoms with Crippen LogP contribution < -0.4 is 10.6 Å². The molecule has 0 aliphatic carbocycles. The lowest BCUT2D eigenvalue weighted by molar-refractivity contribution is -0.384. The molecule has 106 valence electrons. The third kappa shape index (κ3) is 5.13. The first kappa shape index (κ1) is 15.2. The van der Waals surface area contributed by atoms with Crippen LogP contribution in [0.3, 0.4) is 0 Å². The monoisotopic (exact) mass is 267 g/mol. The second-order valence-electron chi connectivity index (χ2n) is 4.38. The molecule has 1 unspecified atom stereocenters. The molecule has 0 aliphatic rings. The van der Waals surface area contributed by atoms with Crippen molar-refractivity contribution in [1.82, 2.24) is 0 Å². The molecule has 1 atom stereocenters. The lowest BCUT2D eigenvalue weighted by Crippen LogP contribution is -2.19. The highest BCUT2D eigenvalue weighted by Crippen LogP contribution is 2.24. The summed E-state index contributed by atoms with van der Waals surface area (Å²) < 4.78 is 0. The quantitative estimate of drug-likeness (QED) is 0.498. The average molecular weight is 267 g/mol. The van der Waals surface area contributed by atoms with Crippen molar-refractivity contribution in [2.75, 3.05) is 23.7 Å². The maximum atomic E-state index is 10.9. The van der Waals surface area contributed by atoms with Gasteiger partial charge in [0.25, 0.3) is 5.69 Å². The zero-order valence-electron chi connectivity index (χ0n) is 11.3. The first-order valence-electron chi connectivity index (χ1n) is 6.52. The third-order valence-electron chi connectivity index (χ3n) is 2.67. The van der Waals surface area contributed by atoms with Crippen LogP contribution >= 0.6 is 0 Å². The van der Waals surface area contributed by atoms with E-state index in [1.54, 1.807) is 6.07 Å². The van der Waals surface area contributed by atoms with Crippen LogP contribution in [-0.2, 0) is 0 Å². The first-order chi connectivity index (χ1) is 9.06. The number of rotatable bonds is 8. The van der Waals surface area contributed by atoms with Gasteiger partial charge in [0, 0.05) is 36.6 Å². The Morgan fingerprint density at radius 1 is 1.26 bits per heavy atom. The van der Waals surface area contributed by atoms with E-state index < -0.39 is 11.0 Å². The third-order valence-corrected chi connectivity index (χ3v) is 2.67. The molecule has 0 saturated heterocycles. The molecule has 1 aromatic carbocycles. The van der Waals surface area contributed by atoms with Gasteiger partial charge in [-0.3, -0.25) is 10.1 Å². The average Bonchev–Trinajstić information content (AvgIpc) is 2.37. The lowest BCUT2D eigenvalue weighted by Gasteiger charge is -2.13. The van der Waals surface area contributed by atoms with Crippen molar-refractivity contribution in [3.05, 3.63) is 28.3 Å². The SMILES string of the molecule is CCCC(O)CNc1cc(NCC)cc([N+](=O)[O-])c1. The molecule has 1 rings (SSSR count). The van der Waals surface area contributed by atoms with Gasteiger partial charge in [-0.2, -0.15) is 0 Å². The van der Waals surface area contributed by atoms with Crippen LogP contribution in [0.5, 0.6) is 0 Å². The highest BCUT2D eigenvalue weighted by molar-refractivity contribution is 5.63. The Hall–Kier alpha value is -1.82. The highest BCUT2D eigenvalue weighted by atomic mass is 16.6. The topological polar surface area (TPSA) is 87.4 Å². The van der Waals surface area contributed by atoms with Crippen LogP contribution in [0, 0.1) is 10.1 Å². The number of aliphatic hydroxyl groups excluding tert-OH is 1. The number of hydrogen-bond acceptors (Lipinski definition) is 5. The van der Waals surface area contributed by atoms with Crippen LogP contribution in [0.25, 0.3) is 0 Å². The molecule has 0 bridgehead atoms. The van der Waals surface area contributed by atoms with Crippen LogP contribution in [-0.4, -0.2) is 29.2 Å². The zero-order chi connectivity index (χ0) is 14.3. The van der Waals surface area contributed by atoms with Crippen LogP contribution in [0.15, 0.2) is 18.2 Å². The van der Waals surface area contributed by atoms with E-state index in [2.05, 4.69) is 10.6 Å². The molecule has 6 heteroatoms. The molecule has 1 aromatic rings.